The summed E-state index contributed by atoms with van der Waals surface area (Å²) in [6.45, 7) is 4.17. The van der Waals surface area contributed by atoms with Crippen molar-refractivity contribution < 1.29 is 4.92 Å². The van der Waals surface area contributed by atoms with Crippen molar-refractivity contribution in [1.29, 1.82) is 0 Å². The van der Waals surface area contributed by atoms with Crippen molar-refractivity contribution in [3.63, 3.8) is 0 Å². The van der Waals surface area contributed by atoms with Crippen LogP contribution in [0.25, 0.3) is 0 Å². The van der Waals surface area contributed by atoms with Gasteiger partial charge in [-0.25, -0.2) is 0 Å². The van der Waals surface area contributed by atoms with Crippen LogP contribution in [0.1, 0.15) is 13.8 Å². The van der Waals surface area contributed by atoms with E-state index in [1.54, 1.807) is 0 Å². The molecule has 0 bridgehead atoms. The molecule has 9 heavy (non-hydrogen) atoms. The summed E-state index contributed by atoms with van der Waals surface area (Å²) in [5, 5.41) is 9.99. The quantitative estimate of drug-likeness (QED) is 0.445. The molecular weight excluding hydrogens is 310 g/mol. The van der Waals surface area contributed by atoms with E-state index >= 15 is 0 Å². The molecule has 0 amide bonds. The van der Waals surface area contributed by atoms with Crippen LogP contribution in [0.15, 0.2) is 0 Å². The summed E-state index contributed by atoms with van der Waals surface area (Å²) in [5.41, 5.74) is 0. The molecule has 0 fully saturated rings. The second kappa shape index (κ2) is 5.13. The molecule has 0 aromatic heterocycles. The first kappa shape index (κ1) is 9.32. The molecule has 4 heteroatoms. The molecule has 0 rings (SSSR count). The number of hydrogen-bond donors (Lipinski definition) is 0. The van der Waals surface area contributed by atoms with E-state index in [0.717, 1.165) is 7.96 Å². The Balaban J connectivity index is 3.43. The second-order valence-corrected chi connectivity index (χ2v) is 16.7. The van der Waals surface area contributed by atoms with Gasteiger partial charge in [-0.05, 0) is 0 Å². The van der Waals surface area contributed by atoms with Gasteiger partial charge in [-0.3, -0.25) is 0 Å². The minimum absolute atomic E-state index is 0.140. The van der Waals surface area contributed by atoms with Crippen molar-refractivity contribution >= 4 is 22.7 Å². The first-order chi connectivity index (χ1) is 4.20. The van der Waals surface area contributed by atoms with Gasteiger partial charge in [0.15, 0.2) is 0 Å². The first-order valence-corrected chi connectivity index (χ1v) is 12.8. The molecule has 52 valence electrons. The summed E-state index contributed by atoms with van der Waals surface area (Å²) >= 11 is -1.69. The summed E-state index contributed by atoms with van der Waals surface area (Å²) in [6, 6.07) is 0. The van der Waals surface area contributed by atoms with Gasteiger partial charge < -0.3 is 0 Å². The van der Waals surface area contributed by atoms with Crippen molar-refractivity contribution in [3.05, 3.63) is 10.1 Å². The fraction of sp³-hybridized carbons (Fsp3) is 1.00. The molecule has 0 heterocycles. The van der Waals surface area contributed by atoms with Crippen molar-refractivity contribution in [3.8, 4) is 0 Å². The van der Waals surface area contributed by atoms with E-state index in [0.29, 0.717) is 4.10 Å². The maximum atomic E-state index is 9.99. The van der Waals surface area contributed by atoms with Crippen molar-refractivity contribution in [2.75, 3.05) is 4.10 Å². The topological polar surface area (TPSA) is 43.1 Å². The van der Waals surface area contributed by atoms with E-state index in [9.17, 15) is 10.1 Å². The molecule has 0 N–H and O–H groups in total. The molecule has 0 unspecified atom stereocenters. The van der Waals surface area contributed by atoms with E-state index in [-0.39, 0.29) is 4.92 Å². The zero-order valence-corrected chi connectivity index (χ0v) is 10.5. The molecule has 0 aliphatic heterocycles. The van der Waals surface area contributed by atoms with Crippen LogP contribution in [0.2, 0.25) is 7.96 Å². The van der Waals surface area contributed by atoms with Crippen molar-refractivity contribution in [1.82, 2.24) is 0 Å². The van der Waals surface area contributed by atoms with Crippen LogP contribution in [0.5, 0.6) is 0 Å². The predicted octanol–water partition coefficient (Wildman–Crippen LogP) is 1.34. The van der Waals surface area contributed by atoms with Crippen LogP contribution in [-0.4, -0.2) is 31.7 Å². The van der Waals surface area contributed by atoms with E-state index in [1.165, 1.54) is 0 Å². The Labute approximate surface area is 63.7 Å². The average Bonchev–Trinajstić information content (AvgIpc) is 1.82. The van der Waals surface area contributed by atoms with Crippen LogP contribution in [0, 0.1) is 10.1 Å². The Morgan fingerprint density at radius 1 is 1.44 bits per heavy atom. The summed E-state index contributed by atoms with van der Waals surface area (Å²) in [6.07, 6.45) is 0. The van der Waals surface area contributed by atoms with Gasteiger partial charge in [0.1, 0.15) is 0 Å². The van der Waals surface area contributed by atoms with Gasteiger partial charge in [0.05, 0.1) is 0 Å². The van der Waals surface area contributed by atoms with Gasteiger partial charge in [-0.1, -0.05) is 0 Å². The van der Waals surface area contributed by atoms with Gasteiger partial charge >= 0.3 is 63.7 Å². The first-order valence-electron chi connectivity index (χ1n) is 3.32. The third-order valence-electron chi connectivity index (χ3n) is 1.56. The van der Waals surface area contributed by atoms with Crippen LogP contribution < -0.4 is 0 Å². The fourth-order valence-electron chi connectivity index (χ4n) is 0.758. The van der Waals surface area contributed by atoms with Crippen LogP contribution in [-0.2, 0) is 0 Å². The second-order valence-electron chi connectivity index (χ2n) is 2.20. The summed E-state index contributed by atoms with van der Waals surface area (Å²) in [7, 11) is 0. The fourth-order valence-corrected chi connectivity index (χ4v) is 6.65. The van der Waals surface area contributed by atoms with E-state index in [4.69, 9.17) is 0 Å². The Bertz CT molecular complexity index is 93.0. The van der Waals surface area contributed by atoms with Gasteiger partial charge in [0, 0.05) is 0 Å². The van der Waals surface area contributed by atoms with Crippen LogP contribution in [0.4, 0.5) is 0 Å². The third-order valence-corrected chi connectivity index (χ3v) is 13.7. The Morgan fingerprint density at radius 3 is 2.00 bits per heavy atom. The van der Waals surface area contributed by atoms with Crippen LogP contribution >= 0.6 is 0 Å². The Morgan fingerprint density at radius 2 is 1.89 bits per heavy atom. The van der Waals surface area contributed by atoms with Crippen molar-refractivity contribution in [2.45, 2.75) is 21.8 Å². The Kier molecular flexibility index (Phi) is 5.32. The molecule has 0 atom stereocenters. The molecule has 0 aliphatic carbocycles. The average molecular weight is 323 g/mol. The molecule has 0 saturated heterocycles. The minimum atomic E-state index is -1.69. The summed E-state index contributed by atoms with van der Waals surface area (Å²) in [5.74, 6) is 0. The monoisotopic (exact) mass is 323 g/mol. The molecule has 3 nitrogen and oxygen atoms in total. The SMILES string of the molecule is C[CH2][Tl]([CH2]C)[CH2][N+](=O)[O-]. The maximum absolute atomic E-state index is 9.99. The number of nitro groups is 1. The van der Waals surface area contributed by atoms with E-state index < -0.39 is 22.7 Å². The summed E-state index contributed by atoms with van der Waals surface area (Å²) < 4.78 is 2.63. The molecule has 0 radical (unpaired) electrons. The van der Waals surface area contributed by atoms with Crippen molar-refractivity contribution in [2.24, 2.45) is 0 Å². The summed E-state index contributed by atoms with van der Waals surface area (Å²) in [4.78, 5) is 9.85. The molecule has 0 spiro atoms. The van der Waals surface area contributed by atoms with Gasteiger partial charge in [0.2, 0.25) is 0 Å². The van der Waals surface area contributed by atoms with Gasteiger partial charge in [-0.15, -0.1) is 0 Å². The zero-order chi connectivity index (χ0) is 7.28. The number of hydrogen-bond acceptors (Lipinski definition) is 2. The van der Waals surface area contributed by atoms with E-state index in [2.05, 4.69) is 13.8 Å². The molecular formula is C5H12NO2Tl. The molecule has 0 aromatic rings. The number of nitrogens with zero attached hydrogens (tertiary/aromatic N) is 1. The zero-order valence-electron chi connectivity index (χ0n) is 5.96. The molecule has 0 aromatic carbocycles. The van der Waals surface area contributed by atoms with Gasteiger partial charge in [-0.2, -0.15) is 0 Å². The predicted molar refractivity (Wildman–Crippen MR) is 38.6 cm³/mol. The van der Waals surface area contributed by atoms with Gasteiger partial charge in [0.25, 0.3) is 0 Å². The normalized spacial score (nSPS) is 9.11. The molecule has 0 saturated carbocycles. The van der Waals surface area contributed by atoms with Crippen LogP contribution in [0.3, 0.4) is 0 Å². The molecule has 0 aliphatic rings. The Hall–Kier alpha value is 0.322. The van der Waals surface area contributed by atoms with E-state index in [1.807, 2.05) is 0 Å². The third kappa shape index (κ3) is 4.80. The number of rotatable bonds is 4. The standard InChI is InChI=1S/2C2H5.CH2NO2.Tl/c2*1-2;1-2(3)4;/h2*1H2,2H3;1H2;.